The Morgan fingerprint density at radius 3 is 1.39 bits per heavy atom. The van der Waals surface area contributed by atoms with Crippen molar-refractivity contribution in [3.63, 3.8) is 0 Å². The Morgan fingerprint density at radius 2 is 0.927 bits per heavy atom. The number of rotatable bonds is 3. The van der Waals surface area contributed by atoms with Gasteiger partial charge in [-0.05, 0) is 6.92 Å². The first-order valence-corrected chi connectivity index (χ1v) is 11.9. The summed E-state index contributed by atoms with van der Waals surface area (Å²) in [4.78, 5) is 46.3. The maximum atomic E-state index is 15.5. The van der Waals surface area contributed by atoms with Crippen molar-refractivity contribution in [3.05, 3.63) is 85.2 Å². The minimum absolute atomic E-state index is 0.224. The summed E-state index contributed by atoms with van der Waals surface area (Å²) in [6, 6.07) is 0. The molecule has 6 nitrogen and oxygen atoms in total. The van der Waals surface area contributed by atoms with Crippen molar-refractivity contribution < 1.29 is 58.7 Å². The Morgan fingerprint density at radius 1 is 0.537 bits per heavy atom. The SMILES string of the molecule is Cc1c(F)c(Cl)c(F)c(N2C(=O)c3c(F)c(F)c(Sc4c(F)c(F)c5c(c4F)C(=O)N(C)C5=O)c(F)c3C2=O)c1F. The van der Waals surface area contributed by atoms with Crippen LogP contribution in [0.3, 0.4) is 0 Å². The summed E-state index contributed by atoms with van der Waals surface area (Å²) in [5, 5.41) is -1.40. The lowest BCUT2D eigenvalue weighted by Crippen LogP contribution is -2.32. The molecule has 4 amide bonds. The van der Waals surface area contributed by atoms with Crippen molar-refractivity contribution in [1.82, 2.24) is 4.90 Å². The van der Waals surface area contributed by atoms with Gasteiger partial charge in [0.1, 0.15) is 10.7 Å². The molecule has 2 heterocycles. The Kier molecular flexibility index (Phi) is 6.42. The van der Waals surface area contributed by atoms with Crippen LogP contribution in [0.25, 0.3) is 0 Å². The van der Waals surface area contributed by atoms with Crippen LogP contribution in [-0.2, 0) is 0 Å². The molecule has 0 bridgehead atoms. The molecule has 5 rings (SSSR count). The highest BCUT2D eigenvalue weighted by Gasteiger charge is 2.48. The third-order valence-electron chi connectivity index (χ3n) is 6.32. The van der Waals surface area contributed by atoms with Gasteiger partial charge in [0.2, 0.25) is 0 Å². The van der Waals surface area contributed by atoms with Crippen molar-refractivity contribution in [2.45, 2.75) is 16.7 Å². The van der Waals surface area contributed by atoms with Gasteiger partial charge in [-0.2, -0.15) is 0 Å². The van der Waals surface area contributed by atoms with Crippen LogP contribution in [0, 0.1) is 59.3 Å². The number of imide groups is 2. The summed E-state index contributed by atoms with van der Waals surface area (Å²) < 4.78 is 134. The van der Waals surface area contributed by atoms with Crippen molar-refractivity contribution in [1.29, 1.82) is 0 Å². The molecule has 0 atom stereocenters. The number of hydrogen-bond acceptors (Lipinski definition) is 5. The molecule has 41 heavy (non-hydrogen) atoms. The normalized spacial score (nSPS) is 14.5. The molecule has 2 aliphatic rings. The van der Waals surface area contributed by atoms with E-state index >= 15 is 17.6 Å². The molecule has 0 spiro atoms. The fourth-order valence-corrected chi connectivity index (χ4v) is 5.42. The standard InChI is InChI=1S/C24H6ClF9N2O4S/c1-3-9(26)8(25)15(32)18(10(3)27)36-23(39)5-7(24(36)40)14(31)20(17(34)12(5)29)41-19-13(30)6-4(11(28)16(19)33)21(37)35(2)22(6)38/h1-2H3. The van der Waals surface area contributed by atoms with E-state index in [2.05, 4.69) is 0 Å². The van der Waals surface area contributed by atoms with Crippen LogP contribution in [-0.4, -0.2) is 35.6 Å². The Labute approximate surface area is 230 Å². The molecule has 0 aromatic heterocycles. The highest BCUT2D eigenvalue weighted by atomic mass is 35.5. The molecule has 0 N–H and O–H groups in total. The van der Waals surface area contributed by atoms with E-state index in [0.29, 0.717) is 0 Å². The second kappa shape index (κ2) is 9.24. The van der Waals surface area contributed by atoms with Gasteiger partial charge in [0, 0.05) is 12.6 Å². The van der Waals surface area contributed by atoms with E-state index in [1.54, 1.807) is 0 Å². The lowest BCUT2D eigenvalue weighted by Gasteiger charge is -2.18. The fraction of sp³-hybridized carbons (Fsp3) is 0.0833. The summed E-state index contributed by atoms with van der Waals surface area (Å²) in [5.74, 6) is -25.5. The van der Waals surface area contributed by atoms with Gasteiger partial charge in [-0.1, -0.05) is 23.4 Å². The summed E-state index contributed by atoms with van der Waals surface area (Å²) in [6.45, 7) is 0.724. The number of anilines is 1. The minimum atomic E-state index is -2.34. The number of fused-ring (bicyclic) bond motifs is 2. The van der Waals surface area contributed by atoms with E-state index in [0.717, 1.165) is 14.0 Å². The number of benzene rings is 3. The van der Waals surface area contributed by atoms with E-state index in [9.17, 15) is 41.1 Å². The Hall–Kier alpha value is -4.05. The van der Waals surface area contributed by atoms with Gasteiger partial charge < -0.3 is 0 Å². The first-order valence-electron chi connectivity index (χ1n) is 10.7. The molecular formula is C24H6ClF9N2O4S. The fourth-order valence-electron chi connectivity index (χ4n) is 4.24. The zero-order chi connectivity index (χ0) is 30.6. The second-order valence-electron chi connectivity index (χ2n) is 8.49. The highest BCUT2D eigenvalue weighted by molar-refractivity contribution is 7.99. The molecule has 0 radical (unpaired) electrons. The van der Waals surface area contributed by atoms with Crippen LogP contribution < -0.4 is 4.90 Å². The predicted octanol–water partition coefficient (Wildman–Crippen LogP) is 6.08. The Balaban J connectivity index is 1.71. The van der Waals surface area contributed by atoms with Gasteiger partial charge in [0.15, 0.2) is 52.4 Å². The zero-order valence-electron chi connectivity index (χ0n) is 19.7. The largest absolute Gasteiger partial charge is 0.277 e. The first kappa shape index (κ1) is 28.5. The van der Waals surface area contributed by atoms with Crippen LogP contribution in [0.1, 0.15) is 47.0 Å². The minimum Gasteiger partial charge on any atom is -0.277 e. The van der Waals surface area contributed by atoms with E-state index in [4.69, 9.17) is 11.6 Å². The zero-order valence-corrected chi connectivity index (χ0v) is 21.3. The van der Waals surface area contributed by atoms with E-state index < -0.39 is 141 Å². The quantitative estimate of drug-likeness (QED) is 0.153. The van der Waals surface area contributed by atoms with Crippen LogP contribution >= 0.6 is 23.4 Å². The molecule has 17 heteroatoms. The van der Waals surface area contributed by atoms with Crippen molar-refractivity contribution in [2.75, 3.05) is 11.9 Å². The summed E-state index contributed by atoms with van der Waals surface area (Å²) >= 11 is 4.74. The number of nitrogens with zero attached hydrogens (tertiary/aromatic N) is 2. The number of amides is 4. The van der Waals surface area contributed by atoms with E-state index in [-0.39, 0.29) is 4.90 Å². The number of carbonyl (C=O) groups is 4. The molecular weight excluding hydrogens is 619 g/mol. The molecule has 2 aliphatic heterocycles. The van der Waals surface area contributed by atoms with Gasteiger partial charge in [-0.15, -0.1) is 0 Å². The molecule has 0 aliphatic carbocycles. The average Bonchev–Trinajstić information content (AvgIpc) is 3.32. The molecule has 212 valence electrons. The Bertz CT molecular complexity index is 1820. The van der Waals surface area contributed by atoms with Crippen LogP contribution in [0.15, 0.2) is 9.79 Å². The number of carbonyl (C=O) groups excluding carboxylic acids is 4. The van der Waals surface area contributed by atoms with Gasteiger partial charge in [0.25, 0.3) is 23.6 Å². The van der Waals surface area contributed by atoms with Gasteiger partial charge >= 0.3 is 0 Å². The topological polar surface area (TPSA) is 74.8 Å². The monoisotopic (exact) mass is 624 g/mol. The van der Waals surface area contributed by atoms with Gasteiger partial charge in [-0.3, -0.25) is 24.1 Å². The molecule has 3 aromatic carbocycles. The predicted molar refractivity (Wildman–Crippen MR) is 120 cm³/mol. The highest BCUT2D eigenvalue weighted by Crippen LogP contribution is 2.45. The van der Waals surface area contributed by atoms with E-state index in [1.807, 2.05) is 0 Å². The summed E-state index contributed by atoms with van der Waals surface area (Å²) in [7, 11) is 0.805. The smallest absolute Gasteiger partial charge is 0.269 e. The number of halogens is 10. The lowest BCUT2D eigenvalue weighted by molar-refractivity contribution is 0.0689. The van der Waals surface area contributed by atoms with E-state index in [1.165, 1.54) is 0 Å². The van der Waals surface area contributed by atoms with Crippen LogP contribution in [0.5, 0.6) is 0 Å². The number of hydrogen-bond donors (Lipinski definition) is 0. The maximum Gasteiger partial charge on any atom is 0.269 e. The maximum absolute atomic E-state index is 15.5. The molecule has 3 aromatic rings. The van der Waals surface area contributed by atoms with Crippen LogP contribution in [0.2, 0.25) is 5.02 Å². The molecule has 0 fully saturated rings. The molecule has 0 unspecified atom stereocenters. The third kappa shape index (κ3) is 3.56. The molecule has 0 saturated heterocycles. The van der Waals surface area contributed by atoms with Crippen molar-refractivity contribution >= 4 is 52.7 Å². The summed E-state index contributed by atoms with van der Waals surface area (Å²) in [6.07, 6.45) is 0. The van der Waals surface area contributed by atoms with Crippen LogP contribution in [0.4, 0.5) is 45.2 Å². The van der Waals surface area contributed by atoms with Crippen molar-refractivity contribution in [3.8, 4) is 0 Å². The van der Waals surface area contributed by atoms with Gasteiger partial charge in [0.05, 0.1) is 32.0 Å². The molecule has 0 saturated carbocycles. The average molecular weight is 625 g/mol. The van der Waals surface area contributed by atoms with Crippen molar-refractivity contribution in [2.24, 2.45) is 0 Å². The summed E-state index contributed by atoms with van der Waals surface area (Å²) in [5.41, 5.74) is -8.61. The third-order valence-corrected chi connectivity index (χ3v) is 7.78. The lowest BCUT2D eigenvalue weighted by atomic mass is 10.1. The first-order chi connectivity index (χ1) is 19.1. The van der Waals surface area contributed by atoms with Gasteiger partial charge in [-0.25, -0.2) is 44.4 Å². The second-order valence-corrected chi connectivity index (χ2v) is 9.89.